The zero-order valence-corrected chi connectivity index (χ0v) is 14.3. The maximum absolute atomic E-state index is 5.89. The number of aryl methyl sites for hydroxylation is 1. The van der Waals surface area contributed by atoms with Gasteiger partial charge in [0, 0.05) is 50.0 Å². The van der Waals surface area contributed by atoms with E-state index in [1.165, 1.54) is 5.56 Å². The average Bonchev–Trinajstić information content (AvgIpc) is 3.23. The van der Waals surface area contributed by atoms with Gasteiger partial charge in [-0.2, -0.15) is 5.10 Å². The van der Waals surface area contributed by atoms with Gasteiger partial charge in [0.15, 0.2) is 0 Å². The SMILES string of the molecule is COc1ccccc1C=CCNCC1CCOC1c1cnn(C)c1. The van der Waals surface area contributed by atoms with Gasteiger partial charge in [-0.1, -0.05) is 30.4 Å². The fraction of sp³-hybridized carbons (Fsp3) is 0.421. The number of benzene rings is 1. The third kappa shape index (κ3) is 4.04. The minimum atomic E-state index is 0.157. The topological polar surface area (TPSA) is 48.3 Å². The molecule has 2 aromatic rings. The van der Waals surface area contributed by atoms with E-state index < -0.39 is 0 Å². The van der Waals surface area contributed by atoms with Crippen LogP contribution in [0.5, 0.6) is 5.75 Å². The maximum Gasteiger partial charge on any atom is 0.126 e. The second kappa shape index (κ2) is 8.13. The Kier molecular flexibility index (Phi) is 5.67. The van der Waals surface area contributed by atoms with Crippen LogP contribution in [-0.2, 0) is 11.8 Å². The van der Waals surface area contributed by atoms with Crippen molar-refractivity contribution in [3.8, 4) is 5.75 Å². The van der Waals surface area contributed by atoms with E-state index in [0.717, 1.165) is 37.4 Å². The number of nitrogens with one attached hydrogen (secondary N) is 1. The van der Waals surface area contributed by atoms with E-state index in [4.69, 9.17) is 9.47 Å². The molecule has 1 fully saturated rings. The molecule has 2 unspecified atom stereocenters. The predicted octanol–water partition coefficient (Wildman–Crippen LogP) is 2.81. The second-order valence-corrected chi connectivity index (χ2v) is 6.09. The Morgan fingerprint density at radius 1 is 1.42 bits per heavy atom. The molecule has 1 aliphatic rings. The van der Waals surface area contributed by atoms with Crippen molar-refractivity contribution in [3.63, 3.8) is 0 Å². The summed E-state index contributed by atoms with van der Waals surface area (Å²) in [5.74, 6) is 1.39. The molecule has 5 heteroatoms. The fourth-order valence-corrected chi connectivity index (χ4v) is 3.14. The summed E-state index contributed by atoms with van der Waals surface area (Å²) in [5.41, 5.74) is 2.27. The van der Waals surface area contributed by atoms with E-state index in [9.17, 15) is 0 Å². The van der Waals surface area contributed by atoms with Crippen molar-refractivity contribution in [2.45, 2.75) is 12.5 Å². The van der Waals surface area contributed by atoms with Gasteiger partial charge >= 0.3 is 0 Å². The first-order valence-corrected chi connectivity index (χ1v) is 8.38. The van der Waals surface area contributed by atoms with Crippen molar-refractivity contribution >= 4 is 6.08 Å². The highest BCUT2D eigenvalue weighted by atomic mass is 16.5. The smallest absolute Gasteiger partial charge is 0.126 e. The summed E-state index contributed by atoms with van der Waals surface area (Å²) in [4.78, 5) is 0. The molecule has 0 spiro atoms. The summed E-state index contributed by atoms with van der Waals surface area (Å²) in [7, 11) is 3.64. The van der Waals surface area contributed by atoms with E-state index in [0.29, 0.717) is 5.92 Å². The molecular formula is C19H25N3O2. The molecule has 0 radical (unpaired) electrons. The Labute approximate surface area is 143 Å². The van der Waals surface area contributed by atoms with Gasteiger partial charge in [-0.15, -0.1) is 0 Å². The zero-order valence-electron chi connectivity index (χ0n) is 14.3. The minimum Gasteiger partial charge on any atom is -0.496 e. The van der Waals surface area contributed by atoms with Gasteiger partial charge in [0.2, 0.25) is 0 Å². The van der Waals surface area contributed by atoms with Crippen molar-refractivity contribution in [1.29, 1.82) is 0 Å². The van der Waals surface area contributed by atoms with Gasteiger partial charge < -0.3 is 14.8 Å². The normalized spacial score (nSPS) is 20.8. The van der Waals surface area contributed by atoms with Gasteiger partial charge in [0.25, 0.3) is 0 Å². The van der Waals surface area contributed by atoms with Crippen LogP contribution in [0.25, 0.3) is 6.08 Å². The molecule has 1 aromatic heterocycles. The molecule has 1 saturated heterocycles. The quantitative estimate of drug-likeness (QED) is 0.795. The van der Waals surface area contributed by atoms with Gasteiger partial charge in [-0.3, -0.25) is 4.68 Å². The highest BCUT2D eigenvalue weighted by Gasteiger charge is 2.29. The van der Waals surface area contributed by atoms with Gasteiger partial charge in [0.1, 0.15) is 5.75 Å². The number of ether oxygens (including phenoxy) is 2. The number of hydrogen-bond acceptors (Lipinski definition) is 4. The number of rotatable bonds is 7. The van der Waals surface area contributed by atoms with E-state index in [-0.39, 0.29) is 6.10 Å². The van der Waals surface area contributed by atoms with Crippen molar-refractivity contribution in [3.05, 3.63) is 53.9 Å². The van der Waals surface area contributed by atoms with Gasteiger partial charge in [-0.25, -0.2) is 0 Å². The third-order valence-corrected chi connectivity index (χ3v) is 4.37. The average molecular weight is 327 g/mol. The number of para-hydroxylation sites is 1. The molecule has 5 nitrogen and oxygen atoms in total. The second-order valence-electron chi connectivity index (χ2n) is 6.09. The van der Waals surface area contributed by atoms with Gasteiger partial charge in [0.05, 0.1) is 19.4 Å². The number of aromatic nitrogens is 2. The molecule has 0 amide bonds. The summed E-state index contributed by atoms with van der Waals surface area (Å²) in [6, 6.07) is 8.02. The molecule has 2 atom stereocenters. The summed E-state index contributed by atoms with van der Waals surface area (Å²) in [6.07, 6.45) is 9.42. The van der Waals surface area contributed by atoms with Crippen LogP contribution in [0, 0.1) is 5.92 Å². The molecule has 2 heterocycles. The highest BCUT2D eigenvalue weighted by molar-refractivity contribution is 5.57. The third-order valence-electron chi connectivity index (χ3n) is 4.37. The molecule has 128 valence electrons. The summed E-state index contributed by atoms with van der Waals surface area (Å²) >= 11 is 0. The highest BCUT2D eigenvalue weighted by Crippen LogP contribution is 2.33. The van der Waals surface area contributed by atoms with Crippen LogP contribution in [0.4, 0.5) is 0 Å². The van der Waals surface area contributed by atoms with E-state index in [1.807, 2.05) is 42.3 Å². The number of hydrogen-bond donors (Lipinski definition) is 1. The molecule has 0 saturated carbocycles. The molecule has 3 rings (SSSR count). The Bertz CT molecular complexity index is 681. The lowest BCUT2D eigenvalue weighted by Gasteiger charge is -2.17. The van der Waals surface area contributed by atoms with Crippen LogP contribution >= 0.6 is 0 Å². The maximum atomic E-state index is 5.89. The van der Waals surface area contributed by atoms with Crippen LogP contribution in [-0.4, -0.2) is 36.6 Å². The summed E-state index contributed by atoms with van der Waals surface area (Å²) in [5, 5.41) is 7.76. The van der Waals surface area contributed by atoms with E-state index in [2.05, 4.69) is 28.6 Å². The van der Waals surface area contributed by atoms with Crippen LogP contribution in [0.2, 0.25) is 0 Å². The predicted molar refractivity (Wildman–Crippen MR) is 94.9 cm³/mol. The Morgan fingerprint density at radius 2 is 2.29 bits per heavy atom. The first-order chi connectivity index (χ1) is 11.8. The van der Waals surface area contributed by atoms with Crippen molar-refractivity contribution in [1.82, 2.24) is 15.1 Å². The minimum absolute atomic E-state index is 0.157. The zero-order chi connectivity index (χ0) is 16.8. The Hall–Kier alpha value is -2.11. The van der Waals surface area contributed by atoms with Gasteiger partial charge in [-0.05, 0) is 12.5 Å². The molecule has 0 bridgehead atoms. The lowest BCUT2D eigenvalue weighted by molar-refractivity contribution is 0.0907. The molecule has 24 heavy (non-hydrogen) atoms. The monoisotopic (exact) mass is 327 g/mol. The molecule has 0 aliphatic carbocycles. The lowest BCUT2D eigenvalue weighted by Crippen LogP contribution is -2.24. The molecule has 1 aromatic carbocycles. The van der Waals surface area contributed by atoms with Crippen molar-refractivity contribution in [2.24, 2.45) is 13.0 Å². The first kappa shape index (κ1) is 16.7. The van der Waals surface area contributed by atoms with Crippen molar-refractivity contribution in [2.75, 3.05) is 26.8 Å². The van der Waals surface area contributed by atoms with Crippen LogP contribution in [0.3, 0.4) is 0 Å². The molecular weight excluding hydrogens is 302 g/mol. The molecule has 1 aliphatic heterocycles. The summed E-state index contributed by atoms with van der Waals surface area (Å²) < 4.78 is 13.1. The lowest BCUT2D eigenvalue weighted by atomic mass is 9.97. The Balaban J connectivity index is 1.48. The summed E-state index contributed by atoms with van der Waals surface area (Å²) in [6.45, 7) is 2.59. The molecule has 1 N–H and O–H groups in total. The Morgan fingerprint density at radius 3 is 3.08 bits per heavy atom. The largest absolute Gasteiger partial charge is 0.496 e. The first-order valence-electron chi connectivity index (χ1n) is 8.38. The van der Waals surface area contributed by atoms with Crippen LogP contribution in [0.1, 0.15) is 23.7 Å². The number of nitrogens with zero attached hydrogens (tertiary/aromatic N) is 2. The van der Waals surface area contributed by atoms with E-state index >= 15 is 0 Å². The van der Waals surface area contributed by atoms with Crippen LogP contribution in [0.15, 0.2) is 42.7 Å². The fourth-order valence-electron chi connectivity index (χ4n) is 3.14. The van der Waals surface area contributed by atoms with Crippen molar-refractivity contribution < 1.29 is 9.47 Å². The standard InChI is InChI=1S/C19H25N3O2/c1-22-14-17(13-21-22)19-16(9-11-24-19)12-20-10-5-7-15-6-3-4-8-18(15)23-2/h3-8,13-14,16,19-20H,9-12H2,1-2H3. The van der Waals surface area contributed by atoms with Crippen LogP contribution < -0.4 is 10.1 Å². The van der Waals surface area contributed by atoms with E-state index in [1.54, 1.807) is 7.11 Å². The number of methoxy groups -OCH3 is 1.